The maximum Gasteiger partial charge on any atom is 0.328 e. The van der Waals surface area contributed by atoms with Gasteiger partial charge in [-0.25, -0.2) is 8.42 Å². The third kappa shape index (κ3) is 4.12. The summed E-state index contributed by atoms with van der Waals surface area (Å²) >= 11 is 0. The molecule has 7 nitrogen and oxygen atoms in total. The molecule has 0 radical (unpaired) electrons. The molecule has 2 aromatic rings. The fourth-order valence-corrected chi connectivity index (χ4v) is 4.07. The summed E-state index contributed by atoms with van der Waals surface area (Å²) in [4.78, 5) is 28.6. The predicted octanol–water partition coefficient (Wildman–Crippen LogP) is 2.10. The van der Waals surface area contributed by atoms with E-state index >= 15 is 0 Å². The predicted molar refractivity (Wildman–Crippen MR) is 104 cm³/mol. The van der Waals surface area contributed by atoms with Gasteiger partial charge in [0.2, 0.25) is 5.78 Å². The quantitative estimate of drug-likeness (QED) is 0.591. The zero-order valence-corrected chi connectivity index (χ0v) is 16.3. The van der Waals surface area contributed by atoms with E-state index < -0.39 is 28.6 Å². The van der Waals surface area contributed by atoms with E-state index in [1.807, 2.05) is 19.1 Å². The van der Waals surface area contributed by atoms with Crippen LogP contribution in [0.3, 0.4) is 0 Å². The molecule has 0 aliphatic carbocycles. The second-order valence-corrected chi connectivity index (χ2v) is 7.96. The molecular weight excluding hydrogens is 380 g/mol. The number of aryl methyl sites for hydroxylation is 1. The van der Waals surface area contributed by atoms with Crippen LogP contribution >= 0.6 is 0 Å². The SMILES string of the molecule is CCc1ccc(C(=O)[C@H](C)OC(=O)CN=C2NS(=O)(=O)c3ccccc32)cc1. The lowest BCUT2D eigenvalue weighted by Crippen LogP contribution is -2.27. The number of aliphatic imine (C=N–C) groups is 1. The van der Waals surface area contributed by atoms with Gasteiger partial charge in [-0.05, 0) is 31.0 Å². The van der Waals surface area contributed by atoms with Crippen LogP contribution in [0.25, 0.3) is 0 Å². The first-order valence-corrected chi connectivity index (χ1v) is 10.3. The van der Waals surface area contributed by atoms with Crippen LogP contribution < -0.4 is 4.72 Å². The number of hydrogen-bond acceptors (Lipinski definition) is 6. The summed E-state index contributed by atoms with van der Waals surface area (Å²) in [5.41, 5.74) is 1.97. The third-order valence-electron chi connectivity index (χ3n) is 4.35. The number of ether oxygens (including phenoxy) is 1. The molecule has 28 heavy (non-hydrogen) atoms. The molecule has 1 N–H and O–H groups in total. The Hall–Kier alpha value is -3.00. The van der Waals surface area contributed by atoms with Gasteiger partial charge in [0.1, 0.15) is 12.4 Å². The number of nitrogens with one attached hydrogen (secondary N) is 1. The molecular formula is C20H20N2O5S. The number of rotatable bonds is 6. The van der Waals surface area contributed by atoms with Crippen LogP contribution in [0.2, 0.25) is 0 Å². The van der Waals surface area contributed by atoms with Crippen molar-refractivity contribution in [2.45, 2.75) is 31.3 Å². The minimum Gasteiger partial charge on any atom is -0.453 e. The van der Waals surface area contributed by atoms with Gasteiger partial charge in [0.05, 0.1) is 4.90 Å². The van der Waals surface area contributed by atoms with E-state index in [0.29, 0.717) is 11.1 Å². The first-order valence-electron chi connectivity index (χ1n) is 8.81. The summed E-state index contributed by atoms with van der Waals surface area (Å²) < 4.78 is 31.5. The van der Waals surface area contributed by atoms with Crippen molar-refractivity contribution in [2.75, 3.05) is 6.54 Å². The number of nitrogens with zero attached hydrogens (tertiary/aromatic N) is 1. The van der Waals surface area contributed by atoms with Crippen molar-refractivity contribution in [1.82, 2.24) is 4.72 Å². The Morgan fingerprint density at radius 1 is 1.11 bits per heavy atom. The Bertz CT molecular complexity index is 1040. The van der Waals surface area contributed by atoms with Crippen molar-refractivity contribution in [3.8, 4) is 0 Å². The number of esters is 1. The standard InChI is InChI=1S/C20H20N2O5S/c1-3-14-8-10-15(11-9-14)19(24)13(2)27-18(23)12-21-20-16-6-4-5-7-17(16)28(25,26)22-20/h4-11,13H,3,12H2,1-2H3,(H,21,22)/t13-/m0/s1. The summed E-state index contributed by atoms with van der Waals surface area (Å²) in [5, 5.41) is 0. The van der Waals surface area contributed by atoms with Gasteiger partial charge in [-0.15, -0.1) is 0 Å². The average molecular weight is 400 g/mol. The molecule has 0 saturated carbocycles. The van der Waals surface area contributed by atoms with E-state index in [-0.39, 0.29) is 16.5 Å². The maximum atomic E-state index is 12.4. The summed E-state index contributed by atoms with van der Waals surface area (Å²) in [6, 6.07) is 13.5. The van der Waals surface area contributed by atoms with Gasteiger partial charge >= 0.3 is 5.97 Å². The van der Waals surface area contributed by atoms with E-state index in [1.54, 1.807) is 30.3 Å². The molecule has 146 valence electrons. The highest BCUT2D eigenvalue weighted by Crippen LogP contribution is 2.22. The Labute approximate surface area is 163 Å². The topological polar surface area (TPSA) is 102 Å². The molecule has 1 atom stereocenters. The molecule has 0 unspecified atom stereocenters. The van der Waals surface area contributed by atoms with Crippen LogP contribution in [0.5, 0.6) is 0 Å². The maximum absolute atomic E-state index is 12.4. The summed E-state index contributed by atoms with van der Waals surface area (Å²) in [5.74, 6) is -0.945. The van der Waals surface area contributed by atoms with E-state index in [1.165, 1.54) is 13.0 Å². The largest absolute Gasteiger partial charge is 0.453 e. The van der Waals surface area contributed by atoms with Crippen molar-refractivity contribution in [3.05, 3.63) is 65.2 Å². The minimum atomic E-state index is -3.67. The fourth-order valence-electron chi connectivity index (χ4n) is 2.82. The van der Waals surface area contributed by atoms with Crippen molar-refractivity contribution < 1.29 is 22.7 Å². The van der Waals surface area contributed by atoms with Crippen LogP contribution in [0.1, 0.15) is 35.3 Å². The molecule has 0 spiro atoms. The van der Waals surface area contributed by atoms with E-state index in [0.717, 1.165) is 12.0 Å². The number of amidine groups is 1. The van der Waals surface area contributed by atoms with Gasteiger partial charge < -0.3 is 4.74 Å². The van der Waals surface area contributed by atoms with E-state index in [4.69, 9.17) is 4.74 Å². The summed E-state index contributed by atoms with van der Waals surface area (Å²) in [6.07, 6.45) is -0.0978. The minimum absolute atomic E-state index is 0.0849. The molecule has 0 saturated heterocycles. The monoisotopic (exact) mass is 400 g/mol. The van der Waals surface area contributed by atoms with Gasteiger partial charge in [-0.1, -0.05) is 43.3 Å². The lowest BCUT2D eigenvalue weighted by Gasteiger charge is -2.12. The van der Waals surface area contributed by atoms with Crippen molar-refractivity contribution in [3.63, 3.8) is 0 Å². The number of carbonyl (C=O) groups is 2. The van der Waals surface area contributed by atoms with Gasteiger partial charge in [0, 0.05) is 11.1 Å². The second kappa shape index (κ2) is 7.93. The average Bonchev–Trinajstić information content (AvgIpc) is 2.96. The molecule has 0 aromatic heterocycles. The molecule has 3 rings (SSSR count). The van der Waals surface area contributed by atoms with Gasteiger partial charge in [0.15, 0.2) is 6.10 Å². The van der Waals surface area contributed by atoms with Crippen molar-refractivity contribution in [1.29, 1.82) is 0 Å². The van der Waals surface area contributed by atoms with Crippen molar-refractivity contribution >= 4 is 27.6 Å². The highest BCUT2D eigenvalue weighted by Gasteiger charge is 2.30. The van der Waals surface area contributed by atoms with Crippen LogP contribution in [0.4, 0.5) is 0 Å². The number of hydrogen-bond donors (Lipinski definition) is 1. The number of carbonyl (C=O) groups excluding carboxylic acids is 2. The van der Waals surface area contributed by atoms with Gasteiger partial charge in [0.25, 0.3) is 10.0 Å². The Morgan fingerprint density at radius 3 is 2.46 bits per heavy atom. The van der Waals surface area contributed by atoms with E-state index in [2.05, 4.69) is 9.71 Å². The smallest absolute Gasteiger partial charge is 0.328 e. The van der Waals surface area contributed by atoms with Gasteiger partial charge in [-0.2, -0.15) is 0 Å². The highest BCUT2D eigenvalue weighted by atomic mass is 32.2. The Kier molecular flexibility index (Phi) is 5.60. The zero-order chi connectivity index (χ0) is 20.3. The van der Waals surface area contributed by atoms with Crippen LogP contribution in [-0.4, -0.2) is 38.7 Å². The molecule has 1 aliphatic heterocycles. The molecule has 2 aromatic carbocycles. The van der Waals surface area contributed by atoms with E-state index in [9.17, 15) is 18.0 Å². The number of ketones is 1. The first kappa shape index (κ1) is 19.8. The molecule has 0 bridgehead atoms. The molecule has 0 fully saturated rings. The van der Waals surface area contributed by atoms with Crippen LogP contribution in [0.15, 0.2) is 58.4 Å². The number of fused-ring (bicyclic) bond motifs is 1. The summed E-state index contributed by atoms with van der Waals surface area (Å²) in [6.45, 7) is 3.11. The normalized spacial score (nSPS) is 16.9. The number of benzene rings is 2. The number of sulfonamides is 1. The molecule has 1 aliphatic rings. The van der Waals surface area contributed by atoms with Crippen LogP contribution in [-0.2, 0) is 26.0 Å². The Morgan fingerprint density at radius 2 is 1.79 bits per heavy atom. The lowest BCUT2D eigenvalue weighted by atomic mass is 10.0. The Balaban J connectivity index is 1.64. The third-order valence-corrected chi connectivity index (χ3v) is 5.75. The molecule has 0 amide bonds. The lowest BCUT2D eigenvalue weighted by molar-refractivity contribution is -0.144. The summed E-state index contributed by atoms with van der Waals surface area (Å²) in [7, 11) is -3.67. The first-order chi connectivity index (χ1) is 13.3. The fraction of sp³-hybridized carbons (Fsp3) is 0.250. The van der Waals surface area contributed by atoms with Crippen molar-refractivity contribution in [2.24, 2.45) is 4.99 Å². The second-order valence-electron chi connectivity index (χ2n) is 6.31. The zero-order valence-electron chi connectivity index (χ0n) is 15.5. The van der Waals surface area contributed by atoms with Crippen LogP contribution in [0, 0.1) is 0 Å². The highest BCUT2D eigenvalue weighted by molar-refractivity contribution is 7.90. The van der Waals surface area contributed by atoms with Gasteiger partial charge in [-0.3, -0.25) is 19.3 Å². The molecule has 8 heteroatoms. The number of Topliss-reactive ketones (excluding diaryl/α,β-unsaturated/α-hetero) is 1. The molecule has 1 heterocycles.